The first-order valence-electron chi connectivity index (χ1n) is 7.56. The van der Waals surface area contributed by atoms with E-state index in [1.807, 2.05) is 0 Å². The molecule has 0 saturated heterocycles. The predicted octanol–water partition coefficient (Wildman–Crippen LogP) is 5.57. The second-order valence-electron chi connectivity index (χ2n) is 5.82. The summed E-state index contributed by atoms with van der Waals surface area (Å²) in [6.07, 6.45) is 5.95. The summed E-state index contributed by atoms with van der Waals surface area (Å²) in [5.74, 6) is 1.69. The van der Waals surface area contributed by atoms with Gasteiger partial charge < -0.3 is 10.5 Å². The summed E-state index contributed by atoms with van der Waals surface area (Å²) in [5, 5.41) is 1.40. The fraction of sp³-hybridized carbons (Fsp3) is 0.625. The van der Waals surface area contributed by atoms with Crippen molar-refractivity contribution in [3.8, 4) is 5.75 Å². The van der Waals surface area contributed by atoms with Gasteiger partial charge in [0.25, 0.3) is 0 Å². The van der Waals surface area contributed by atoms with Crippen LogP contribution in [0.15, 0.2) is 12.1 Å². The fourth-order valence-corrected chi connectivity index (χ4v) is 3.70. The zero-order valence-corrected chi connectivity index (χ0v) is 14.5. The minimum Gasteiger partial charge on any atom is -0.488 e. The molecular weight excluding hydrogens is 329 g/mol. The van der Waals surface area contributed by atoms with Gasteiger partial charge >= 0.3 is 0 Å². The molecule has 21 heavy (non-hydrogen) atoms. The zero-order valence-electron chi connectivity index (χ0n) is 12.2. The van der Waals surface area contributed by atoms with Gasteiger partial charge in [-0.05, 0) is 37.8 Å². The summed E-state index contributed by atoms with van der Waals surface area (Å²) in [5.41, 5.74) is 5.90. The van der Waals surface area contributed by atoms with Crippen LogP contribution in [0, 0.1) is 11.8 Å². The van der Waals surface area contributed by atoms with Crippen molar-refractivity contribution < 1.29 is 4.74 Å². The van der Waals surface area contributed by atoms with Gasteiger partial charge in [0.05, 0.1) is 15.1 Å². The maximum Gasteiger partial charge on any atom is 0.139 e. The molecule has 2 N–H and O–H groups in total. The smallest absolute Gasteiger partial charge is 0.139 e. The Bertz CT molecular complexity index is 481. The molecule has 2 nitrogen and oxygen atoms in total. The summed E-state index contributed by atoms with van der Waals surface area (Å²) in [7, 11) is 0. The van der Waals surface area contributed by atoms with Crippen LogP contribution >= 0.6 is 34.8 Å². The normalized spacial score (nSPS) is 25.9. The van der Waals surface area contributed by atoms with Crippen LogP contribution in [0.25, 0.3) is 0 Å². The SMILES string of the molecule is CCCC1CCC(CN)C(Oc2cc(Cl)c(Cl)cc2Cl)C1. The van der Waals surface area contributed by atoms with Crippen LogP contribution < -0.4 is 10.5 Å². The van der Waals surface area contributed by atoms with Gasteiger partial charge in [0.2, 0.25) is 0 Å². The average Bonchev–Trinajstić information content (AvgIpc) is 2.45. The number of hydrogen-bond donors (Lipinski definition) is 1. The molecule has 3 atom stereocenters. The lowest BCUT2D eigenvalue weighted by atomic mass is 9.78. The summed E-state index contributed by atoms with van der Waals surface area (Å²) < 4.78 is 6.15. The molecule has 1 aromatic carbocycles. The highest BCUT2D eigenvalue weighted by molar-refractivity contribution is 6.43. The van der Waals surface area contributed by atoms with E-state index in [0.717, 1.165) is 12.8 Å². The molecule has 1 fully saturated rings. The van der Waals surface area contributed by atoms with E-state index < -0.39 is 0 Å². The predicted molar refractivity (Wildman–Crippen MR) is 90.7 cm³/mol. The molecule has 3 unspecified atom stereocenters. The van der Waals surface area contributed by atoms with E-state index in [2.05, 4.69) is 6.92 Å². The van der Waals surface area contributed by atoms with Gasteiger partial charge in [0.1, 0.15) is 11.9 Å². The highest BCUT2D eigenvalue weighted by Crippen LogP contribution is 2.38. The van der Waals surface area contributed by atoms with Gasteiger partial charge in [-0.25, -0.2) is 0 Å². The average molecular weight is 351 g/mol. The maximum absolute atomic E-state index is 6.21. The van der Waals surface area contributed by atoms with E-state index in [1.165, 1.54) is 19.3 Å². The molecule has 1 aliphatic rings. The maximum atomic E-state index is 6.21. The quantitative estimate of drug-likeness (QED) is 0.705. The summed E-state index contributed by atoms with van der Waals surface area (Å²) in [4.78, 5) is 0. The molecule has 0 bridgehead atoms. The van der Waals surface area contributed by atoms with Gasteiger partial charge in [-0.1, -0.05) is 54.6 Å². The second-order valence-corrected chi connectivity index (χ2v) is 7.04. The molecule has 0 radical (unpaired) electrons. The Labute approximate surface area is 141 Å². The molecule has 1 aromatic rings. The molecule has 0 spiro atoms. The standard InChI is InChI=1S/C16H22Cl3NO/c1-2-3-10-4-5-11(9-20)15(6-10)21-16-8-13(18)12(17)7-14(16)19/h7-8,10-11,15H,2-6,9,20H2,1H3. The van der Waals surface area contributed by atoms with E-state index in [-0.39, 0.29) is 6.10 Å². The topological polar surface area (TPSA) is 35.2 Å². The lowest BCUT2D eigenvalue weighted by Gasteiger charge is -2.36. The summed E-state index contributed by atoms with van der Waals surface area (Å²) in [6.45, 7) is 2.86. The van der Waals surface area contributed by atoms with Crippen molar-refractivity contribution in [1.82, 2.24) is 0 Å². The van der Waals surface area contributed by atoms with E-state index in [0.29, 0.717) is 39.2 Å². The molecular formula is C16H22Cl3NO. The van der Waals surface area contributed by atoms with Crippen LogP contribution in [0.3, 0.4) is 0 Å². The summed E-state index contributed by atoms with van der Waals surface area (Å²) in [6, 6.07) is 3.33. The Morgan fingerprint density at radius 2 is 1.86 bits per heavy atom. The molecule has 0 aromatic heterocycles. The number of halogens is 3. The lowest BCUT2D eigenvalue weighted by molar-refractivity contribution is 0.0670. The van der Waals surface area contributed by atoms with Crippen LogP contribution in [0.4, 0.5) is 0 Å². The van der Waals surface area contributed by atoms with Crippen molar-refractivity contribution in [3.63, 3.8) is 0 Å². The third-order valence-electron chi connectivity index (χ3n) is 4.29. The van der Waals surface area contributed by atoms with Crippen LogP contribution in [-0.4, -0.2) is 12.6 Å². The van der Waals surface area contributed by atoms with Crippen LogP contribution in [0.1, 0.15) is 39.0 Å². The number of benzene rings is 1. The van der Waals surface area contributed by atoms with E-state index in [1.54, 1.807) is 12.1 Å². The molecule has 0 aliphatic heterocycles. The monoisotopic (exact) mass is 349 g/mol. The van der Waals surface area contributed by atoms with Crippen molar-refractivity contribution >= 4 is 34.8 Å². The minimum absolute atomic E-state index is 0.107. The molecule has 2 rings (SSSR count). The number of nitrogens with two attached hydrogens (primary N) is 1. The van der Waals surface area contributed by atoms with Crippen LogP contribution in [-0.2, 0) is 0 Å². The van der Waals surface area contributed by atoms with Crippen molar-refractivity contribution in [1.29, 1.82) is 0 Å². The Kier molecular flexibility index (Phi) is 6.49. The van der Waals surface area contributed by atoms with Crippen molar-refractivity contribution in [2.45, 2.75) is 45.1 Å². The number of hydrogen-bond acceptors (Lipinski definition) is 2. The van der Waals surface area contributed by atoms with Gasteiger partial charge in [0, 0.05) is 12.0 Å². The Hall–Kier alpha value is -0.150. The number of rotatable bonds is 5. The molecule has 0 amide bonds. The van der Waals surface area contributed by atoms with Gasteiger partial charge in [-0.2, -0.15) is 0 Å². The highest BCUT2D eigenvalue weighted by atomic mass is 35.5. The molecule has 0 heterocycles. The molecule has 1 aliphatic carbocycles. The van der Waals surface area contributed by atoms with E-state index >= 15 is 0 Å². The third kappa shape index (κ3) is 4.41. The number of ether oxygens (including phenoxy) is 1. The fourth-order valence-electron chi connectivity index (χ4n) is 3.12. The minimum atomic E-state index is 0.107. The lowest BCUT2D eigenvalue weighted by Crippen LogP contribution is -2.38. The third-order valence-corrected chi connectivity index (χ3v) is 5.31. The van der Waals surface area contributed by atoms with Gasteiger partial charge in [-0.15, -0.1) is 0 Å². The molecule has 1 saturated carbocycles. The Morgan fingerprint density at radius 3 is 2.52 bits per heavy atom. The Morgan fingerprint density at radius 1 is 1.14 bits per heavy atom. The molecule has 118 valence electrons. The highest BCUT2D eigenvalue weighted by Gasteiger charge is 2.31. The van der Waals surface area contributed by atoms with Crippen molar-refractivity contribution in [3.05, 3.63) is 27.2 Å². The second kappa shape index (κ2) is 7.92. The summed E-state index contributed by atoms with van der Waals surface area (Å²) >= 11 is 18.2. The first-order chi connectivity index (χ1) is 10.0. The first-order valence-corrected chi connectivity index (χ1v) is 8.69. The van der Waals surface area contributed by atoms with Crippen LogP contribution in [0.2, 0.25) is 15.1 Å². The van der Waals surface area contributed by atoms with Crippen LogP contribution in [0.5, 0.6) is 5.75 Å². The molecule has 5 heteroatoms. The van der Waals surface area contributed by atoms with Gasteiger partial charge in [-0.3, -0.25) is 0 Å². The van der Waals surface area contributed by atoms with Crippen molar-refractivity contribution in [2.75, 3.05) is 6.54 Å². The first kappa shape index (κ1) is 17.2. The zero-order chi connectivity index (χ0) is 15.4. The van der Waals surface area contributed by atoms with E-state index in [9.17, 15) is 0 Å². The van der Waals surface area contributed by atoms with Gasteiger partial charge in [0.15, 0.2) is 0 Å². The largest absolute Gasteiger partial charge is 0.488 e. The van der Waals surface area contributed by atoms with Crippen molar-refractivity contribution in [2.24, 2.45) is 17.6 Å². The van der Waals surface area contributed by atoms with E-state index in [4.69, 9.17) is 45.3 Å². The Balaban J connectivity index is 2.13.